The molecule has 4 fully saturated rings. The molecule has 4 aliphatic rings. The van der Waals surface area contributed by atoms with Crippen LogP contribution in [0.5, 0.6) is 0 Å². The Labute approximate surface area is 126 Å². The van der Waals surface area contributed by atoms with Crippen molar-refractivity contribution in [1.29, 1.82) is 0 Å². The molecule has 0 aromatic carbocycles. The van der Waals surface area contributed by atoms with Crippen LogP contribution in [-0.4, -0.2) is 12.6 Å². The SMILES string of the molecule is CCNC(CC(C)CC)C12CC3CC(CC(C)(C3)C1)C2. The van der Waals surface area contributed by atoms with Crippen LogP contribution in [0.2, 0.25) is 0 Å². The lowest BCUT2D eigenvalue weighted by atomic mass is 9.43. The Morgan fingerprint density at radius 2 is 1.75 bits per heavy atom. The van der Waals surface area contributed by atoms with Gasteiger partial charge in [0.25, 0.3) is 0 Å². The van der Waals surface area contributed by atoms with E-state index in [-0.39, 0.29) is 0 Å². The summed E-state index contributed by atoms with van der Waals surface area (Å²) in [6.45, 7) is 10.9. The first kappa shape index (κ1) is 14.9. The van der Waals surface area contributed by atoms with Crippen molar-refractivity contribution in [3.8, 4) is 0 Å². The molecule has 4 aliphatic carbocycles. The van der Waals surface area contributed by atoms with E-state index in [4.69, 9.17) is 0 Å². The van der Waals surface area contributed by atoms with E-state index >= 15 is 0 Å². The third-order valence-corrected chi connectivity index (χ3v) is 6.92. The summed E-state index contributed by atoms with van der Waals surface area (Å²) in [5.41, 5.74) is 1.34. The molecule has 4 saturated carbocycles. The molecule has 0 spiro atoms. The van der Waals surface area contributed by atoms with Gasteiger partial charge in [-0.05, 0) is 80.1 Å². The smallest absolute Gasteiger partial charge is 0.0126 e. The Hall–Kier alpha value is -0.0400. The van der Waals surface area contributed by atoms with Gasteiger partial charge in [0.05, 0.1) is 0 Å². The minimum atomic E-state index is 0.651. The summed E-state index contributed by atoms with van der Waals surface area (Å²) in [4.78, 5) is 0. The molecule has 1 N–H and O–H groups in total. The summed E-state index contributed by atoms with van der Waals surface area (Å²) in [5, 5.41) is 3.92. The van der Waals surface area contributed by atoms with Crippen molar-refractivity contribution < 1.29 is 0 Å². The Bertz CT molecular complexity index is 334. The van der Waals surface area contributed by atoms with Crippen molar-refractivity contribution in [2.75, 3.05) is 6.54 Å². The highest BCUT2D eigenvalue weighted by Gasteiger charge is 2.58. The molecule has 0 radical (unpaired) electrons. The van der Waals surface area contributed by atoms with Crippen molar-refractivity contribution in [2.24, 2.45) is 28.6 Å². The van der Waals surface area contributed by atoms with E-state index in [0.717, 1.165) is 30.3 Å². The average Bonchev–Trinajstić information content (AvgIpc) is 2.35. The van der Waals surface area contributed by atoms with Gasteiger partial charge in [-0.1, -0.05) is 34.1 Å². The van der Waals surface area contributed by atoms with E-state index in [1.54, 1.807) is 6.42 Å². The van der Waals surface area contributed by atoms with Crippen LogP contribution < -0.4 is 5.32 Å². The molecule has 116 valence electrons. The van der Waals surface area contributed by atoms with Crippen molar-refractivity contribution in [2.45, 2.75) is 85.1 Å². The summed E-state index contributed by atoms with van der Waals surface area (Å²) < 4.78 is 0. The van der Waals surface area contributed by atoms with E-state index in [2.05, 4.69) is 33.0 Å². The number of nitrogens with one attached hydrogen (secondary N) is 1. The van der Waals surface area contributed by atoms with Crippen LogP contribution in [-0.2, 0) is 0 Å². The van der Waals surface area contributed by atoms with Crippen molar-refractivity contribution in [3.63, 3.8) is 0 Å². The van der Waals surface area contributed by atoms with E-state index < -0.39 is 0 Å². The minimum Gasteiger partial charge on any atom is -0.314 e. The van der Waals surface area contributed by atoms with Gasteiger partial charge in [0.1, 0.15) is 0 Å². The molecule has 0 aromatic rings. The summed E-state index contributed by atoms with van der Waals surface area (Å²) in [6.07, 6.45) is 11.9. The number of hydrogen-bond acceptors (Lipinski definition) is 1. The van der Waals surface area contributed by atoms with Gasteiger partial charge in [-0.2, -0.15) is 0 Å². The first-order valence-electron chi connectivity index (χ1n) is 9.22. The van der Waals surface area contributed by atoms with E-state index in [9.17, 15) is 0 Å². The van der Waals surface area contributed by atoms with Crippen LogP contribution in [0.15, 0.2) is 0 Å². The third-order valence-electron chi connectivity index (χ3n) is 6.92. The molecular weight excluding hydrogens is 242 g/mol. The van der Waals surface area contributed by atoms with Gasteiger partial charge in [0.2, 0.25) is 0 Å². The summed E-state index contributed by atoms with van der Waals surface area (Å²) >= 11 is 0. The molecule has 0 amide bonds. The van der Waals surface area contributed by atoms with E-state index in [1.165, 1.54) is 44.9 Å². The van der Waals surface area contributed by atoms with Crippen LogP contribution >= 0.6 is 0 Å². The Balaban J connectivity index is 1.81. The Morgan fingerprint density at radius 1 is 1.10 bits per heavy atom. The van der Waals surface area contributed by atoms with Gasteiger partial charge in [-0.15, -0.1) is 0 Å². The lowest BCUT2D eigenvalue weighted by Crippen LogP contribution is -2.59. The van der Waals surface area contributed by atoms with Crippen LogP contribution in [0.3, 0.4) is 0 Å². The minimum absolute atomic E-state index is 0.651. The molecule has 4 bridgehead atoms. The van der Waals surface area contributed by atoms with Gasteiger partial charge >= 0.3 is 0 Å². The molecule has 1 heteroatoms. The zero-order valence-corrected chi connectivity index (χ0v) is 14.2. The second-order valence-corrected chi connectivity index (χ2v) is 8.99. The topological polar surface area (TPSA) is 12.0 Å². The quantitative estimate of drug-likeness (QED) is 0.720. The van der Waals surface area contributed by atoms with Crippen molar-refractivity contribution >= 4 is 0 Å². The van der Waals surface area contributed by atoms with Gasteiger partial charge in [-0.25, -0.2) is 0 Å². The number of rotatable bonds is 6. The maximum atomic E-state index is 3.92. The second kappa shape index (κ2) is 5.30. The van der Waals surface area contributed by atoms with Crippen LogP contribution in [0, 0.1) is 28.6 Å². The Morgan fingerprint density at radius 3 is 2.25 bits per heavy atom. The highest BCUT2D eigenvalue weighted by molar-refractivity contribution is 5.10. The second-order valence-electron chi connectivity index (χ2n) is 8.99. The summed E-state index contributed by atoms with van der Waals surface area (Å²) in [7, 11) is 0. The molecule has 0 heterocycles. The molecular formula is C19H35N. The van der Waals surface area contributed by atoms with E-state index in [0.29, 0.717) is 10.8 Å². The molecule has 0 saturated heterocycles. The fourth-order valence-electron chi connectivity index (χ4n) is 6.57. The molecule has 20 heavy (non-hydrogen) atoms. The monoisotopic (exact) mass is 277 g/mol. The highest BCUT2D eigenvalue weighted by Crippen LogP contribution is 2.66. The van der Waals surface area contributed by atoms with Gasteiger partial charge in [0, 0.05) is 6.04 Å². The largest absolute Gasteiger partial charge is 0.314 e. The highest BCUT2D eigenvalue weighted by atomic mass is 14.9. The summed E-state index contributed by atoms with van der Waals surface area (Å²) in [6, 6.07) is 0.785. The van der Waals surface area contributed by atoms with Gasteiger partial charge in [-0.3, -0.25) is 0 Å². The molecule has 4 atom stereocenters. The molecule has 4 rings (SSSR count). The predicted octanol–water partition coefficient (Wildman–Crippen LogP) is 5.01. The van der Waals surface area contributed by atoms with E-state index in [1.807, 2.05) is 0 Å². The zero-order valence-electron chi connectivity index (χ0n) is 14.2. The standard InChI is InChI=1S/C19H35N/c1-5-14(3)7-17(20-6-2)19-11-15-8-16(12-19)10-18(4,9-15)13-19/h14-17,20H,5-13H2,1-4H3. The van der Waals surface area contributed by atoms with Crippen LogP contribution in [0.1, 0.15) is 79.1 Å². The van der Waals surface area contributed by atoms with Crippen LogP contribution in [0.4, 0.5) is 0 Å². The van der Waals surface area contributed by atoms with Crippen molar-refractivity contribution in [1.82, 2.24) is 5.32 Å². The normalized spacial score (nSPS) is 45.6. The first-order chi connectivity index (χ1) is 9.48. The number of hydrogen-bond donors (Lipinski definition) is 1. The summed E-state index contributed by atoms with van der Waals surface area (Å²) in [5.74, 6) is 2.98. The molecule has 0 aromatic heterocycles. The predicted molar refractivity (Wildman–Crippen MR) is 86.8 cm³/mol. The third kappa shape index (κ3) is 2.56. The molecule has 4 unspecified atom stereocenters. The molecule has 0 aliphatic heterocycles. The fourth-order valence-corrected chi connectivity index (χ4v) is 6.57. The van der Waals surface area contributed by atoms with Gasteiger partial charge < -0.3 is 5.32 Å². The maximum absolute atomic E-state index is 3.92. The first-order valence-corrected chi connectivity index (χ1v) is 9.22. The van der Waals surface area contributed by atoms with Crippen LogP contribution in [0.25, 0.3) is 0 Å². The Kier molecular flexibility index (Phi) is 3.95. The zero-order chi connectivity index (χ0) is 14.4. The van der Waals surface area contributed by atoms with Crippen molar-refractivity contribution in [3.05, 3.63) is 0 Å². The van der Waals surface area contributed by atoms with Gasteiger partial charge in [0.15, 0.2) is 0 Å². The average molecular weight is 277 g/mol. The molecule has 1 nitrogen and oxygen atoms in total. The fraction of sp³-hybridized carbons (Fsp3) is 1.00. The maximum Gasteiger partial charge on any atom is 0.0126 e. The lowest BCUT2D eigenvalue weighted by molar-refractivity contribution is -0.120. The lowest BCUT2D eigenvalue weighted by Gasteiger charge is -2.64.